The van der Waals surface area contributed by atoms with Crippen LogP contribution in [0, 0.1) is 0 Å². The van der Waals surface area contributed by atoms with Gasteiger partial charge in [0.05, 0.1) is 4.47 Å². The van der Waals surface area contributed by atoms with Gasteiger partial charge >= 0.3 is 0 Å². The number of amides is 3. The highest BCUT2D eigenvalue weighted by Gasteiger charge is 2.11. The van der Waals surface area contributed by atoms with Crippen molar-refractivity contribution in [3.63, 3.8) is 0 Å². The van der Waals surface area contributed by atoms with Crippen molar-refractivity contribution in [2.24, 2.45) is 0 Å². The summed E-state index contributed by atoms with van der Waals surface area (Å²) < 4.78 is 7.29. The van der Waals surface area contributed by atoms with Crippen LogP contribution in [0.4, 0.5) is 0 Å². The molecule has 0 saturated heterocycles. The highest BCUT2D eigenvalue weighted by molar-refractivity contribution is 9.11. The second kappa shape index (κ2) is 13.2. The molecule has 4 N–H and O–H groups in total. The monoisotopic (exact) mass is 620 g/mol. The maximum Gasteiger partial charge on any atom is 0.264 e. The minimum Gasteiger partial charge on any atom is -0.483 e. The van der Waals surface area contributed by atoms with Crippen LogP contribution in [-0.2, 0) is 20.9 Å². The molecule has 0 heterocycles. The Kier molecular flexibility index (Phi) is 10.0. The number of fused-ring (bicyclic) bond motifs is 1. The van der Waals surface area contributed by atoms with Crippen LogP contribution in [0.3, 0.4) is 0 Å². The molecule has 3 aromatic rings. The van der Waals surface area contributed by atoms with Crippen LogP contribution >= 0.6 is 44.1 Å². The zero-order valence-corrected chi connectivity index (χ0v) is 22.4. The average Bonchev–Trinajstić information content (AvgIpc) is 2.85. The number of nitrogens with one attached hydrogen (secondary N) is 4. The predicted molar refractivity (Wildman–Crippen MR) is 144 cm³/mol. The second-order valence-corrected chi connectivity index (χ2v) is 9.46. The van der Waals surface area contributed by atoms with Crippen LogP contribution in [-0.4, -0.2) is 29.4 Å². The van der Waals surface area contributed by atoms with Crippen molar-refractivity contribution in [3.05, 3.63) is 75.2 Å². The minimum absolute atomic E-state index is 0.0187. The fraction of sp³-hybridized carbons (Fsp3) is 0.167. The van der Waals surface area contributed by atoms with Crippen molar-refractivity contribution in [1.29, 1.82) is 0 Å². The Hall–Kier alpha value is -3.02. The van der Waals surface area contributed by atoms with E-state index in [1.165, 1.54) is 0 Å². The summed E-state index contributed by atoms with van der Waals surface area (Å²) in [6, 6.07) is 18.9. The lowest BCUT2D eigenvalue weighted by Crippen LogP contribution is -2.49. The number of halogens is 2. The number of benzene rings is 3. The van der Waals surface area contributed by atoms with Crippen LogP contribution in [0.25, 0.3) is 10.8 Å². The first-order valence-corrected chi connectivity index (χ1v) is 12.5. The number of hydrogen-bond acceptors (Lipinski definition) is 5. The number of thiocarbonyl (C=S) groups is 1. The molecule has 3 rings (SSSR count). The van der Waals surface area contributed by atoms with E-state index >= 15 is 0 Å². The van der Waals surface area contributed by atoms with Crippen molar-refractivity contribution >= 4 is 77.7 Å². The molecule has 35 heavy (non-hydrogen) atoms. The zero-order valence-electron chi connectivity index (χ0n) is 18.4. The third-order valence-corrected chi connectivity index (χ3v) is 6.23. The molecule has 0 aliphatic heterocycles. The highest BCUT2D eigenvalue weighted by Crippen LogP contribution is 2.34. The van der Waals surface area contributed by atoms with Crippen LogP contribution in [0.1, 0.15) is 18.4 Å². The summed E-state index contributed by atoms with van der Waals surface area (Å²) in [7, 11) is 0. The third-order valence-electron chi connectivity index (χ3n) is 4.72. The third kappa shape index (κ3) is 8.61. The van der Waals surface area contributed by atoms with Gasteiger partial charge in [-0.1, -0.05) is 58.4 Å². The lowest BCUT2D eigenvalue weighted by molar-refractivity contribution is -0.126. The van der Waals surface area contributed by atoms with Crippen LogP contribution in [0.2, 0.25) is 0 Å². The SMILES string of the molecule is O=C(CCC(=O)NNC(=S)NC(=O)COc1ccc2cc(Br)ccc2c1Br)NCc1ccccc1. The number of hydrogen-bond donors (Lipinski definition) is 4. The zero-order chi connectivity index (χ0) is 25.2. The summed E-state index contributed by atoms with van der Waals surface area (Å²) in [5, 5.41) is 7.02. The van der Waals surface area contributed by atoms with Gasteiger partial charge in [-0.2, -0.15) is 0 Å². The smallest absolute Gasteiger partial charge is 0.264 e. The topological polar surface area (TPSA) is 109 Å². The van der Waals surface area contributed by atoms with Gasteiger partial charge in [0, 0.05) is 23.9 Å². The predicted octanol–water partition coefficient (Wildman–Crippen LogP) is 3.86. The fourth-order valence-electron chi connectivity index (χ4n) is 2.99. The molecule has 0 radical (unpaired) electrons. The van der Waals surface area contributed by atoms with Gasteiger partial charge in [-0.05, 0) is 62.7 Å². The summed E-state index contributed by atoms with van der Waals surface area (Å²) >= 11 is 12.0. The van der Waals surface area contributed by atoms with Crippen LogP contribution < -0.4 is 26.2 Å². The summed E-state index contributed by atoms with van der Waals surface area (Å²) in [5.41, 5.74) is 5.75. The lowest BCUT2D eigenvalue weighted by Gasteiger charge is -2.13. The molecule has 3 amide bonds. The molecule has 3 aromatic carbocycles. The number of ether oxygens (including phenoxy) is 1. The van der Waals surface area contributed by atoms with E-state index in [4.69, 9.17) is 17.0 Å². The van der Waals surface area contributed by atoms with Crippen molar-refractivity contribution < 1.29 is 19.1 Å². The average molecular weight is 622 g/mol. The van der Waals surface area contributed by atoms with Gasteiger partial charge in [-0.3, -0.25) is 30.6 Å². The fourth-order valence-corrected chi connectivity index (χ4v) is 4.14. The van der Waals surface area contributed by atoms with E-state index in [1.807, 2.05) is 54.6 Å². The van der Waals surface area contributed by atoms with Gasteiger partial charge < -0.3 is 10.1 Å². The number of hydrazine groups is 1. The number of carbonyl (C=O) groups is 3. The summed E-state index contributed by atoms with van der Waals surface area (Å²) in [6.45, 7) is 0.114. The lowest BCUT2D eigenvalue weighted by atomic mass is 10.1. The molecule has 8 nitrogen and oxygen atoms in total. The molecule has 0 spiro atoms. The Morgan fingerprint density at radius 1 is 0.857 bits per heavy atom. The second-order valence-electron chi connectivity index (χ2n) is 7.34. The molecule has 11 heteroatoms. The molecule has 0 saturated carbocycles. The van der Waals surface area contributed by atoms with Crippen molar-refractivity contribution in [2.45, 2.75) is 19.4 Å². The van der Waals surface area contributed by atoms with Crippen molar-refractivity contribution in [1.82, 2.24) is 21.5 Å². The molecule has 182 valence electrons. The molecular weight excluding hydrogens is 600 g/mol. The Labute approximate surface area is 224 Å². The van der Waals surface area contributed by atoms with E-state index in [-0.39, 0.29) is 30.5 Å². The highest BCUT2D eigenvalue weighted by atomic mass is 79.9. The van der Waals surface area contributed by atoms with Gasteiger partial charge in [-0.15, -0.1) is 0 Å². The molecule has 0 aliphatic rings. The van der Waals surface area contributed by atoms with Crippen LogP contribution in [0.15, 0.2) is 69.6 Å². The molecule has 0 aromatic heterocycles. The number of rotatable bonds is 8. The largest absolute Gasteiger partial charge is 0.483 e. The Bertz CT molecular complexity index is 1240. The summed E-state index contributed by atoms with van der Waals surface area (Å²) in [5.74, 6) is -0.684. The van der Waals surface area contributed by atoms with E-state index in [0.717, 1.165) is 25.3 Å². The van der Waals surface area contributed by atoms with Crippen LogP contribution in [0.5, 0.6) is 5.75 Å². The molecule has 0 aliphatic carbocycles. The summed E-state index contributed by atoms with van der Waals surface area (Å²) in [4.78, 5) is 36.0. The minimum atomic E-state index is -0.500. The normalized spacial score (nSPS) is 10.3. The molecule has 0 unspecified atom stereocenters. The van der Waals surface area contributed by atoms with Gasteiger partial charge in [-0.25, -0.2) is 0 Å². The number of carbonyl (C=O) groups excluding carboxylic acids is 3. The Morgan fingerprint density at radius 2 is 1.60 bits per heavy atom. The van der Waals surface area contributed by atoms with E-state index < -0.39 is 11.8 Å². The van der Waals surface area contributed by atoms with Crippen molar-refractivity contribution in [3.8, 4) is 5.75 Å². The van der Waals surface area contributed by atoms with E-state index in [1.54, 1.807) is 6.07 Å². The first-order chi connectivity index (χ1) is 16.8. The standard InChI is InChI=1S/C24H22Br2N4O4S/c25-17-7-8-18-16(12-17)6-9-19(23(18)26)34-14-22(33)28-24(35)30-29-21(32)11-10-20(31)27-13-15-4-2-1-3-5-15/h1-9,12H,10-11,13-14H2,(H,27,31)(H,29,32)(H2,28,30,33,35). The van der Waals surface area contributed by atoms with Gasteiger partial charge in [0.2, 0.25) is 11.8 Å². The first-order valence-electron chi connectivity index (χ1n) is 10.5. The molecule has 0 atom stereocenters. The van der Waals surface area contributed by atoms with E-state index in [2.05, 4.69) is 53.3 Å². The maximum absolute atomic E-state index is 12.1. The first kappa shape index (κ1) is 26.6. The molecule has 0 bridgehead atoms. The van der Waals surface area contributed by atoms with Crippen molar-refractivity contribution in [2.75, 3.05) is 6.61 Å². The van der Waals surface area contributed by atoms with E-state index in [9.17, 15) is 14.4 Å². The molecular formula is C24H22Br2N4O4S. The molecule has 0 fully saturated rings. The Balaban J connectivity index is 1.34. The Morgan fingerprint density at radius 3 is 2.37 bits per heavy atom. The quantitative estimate of drug-likeness (QED) is 0.225. The maximum atomic E-state index is 12.1. The van der Waals surface area contributed by atoms with Gasteiger partial charge in [0.1, 0.15) is 5.75 Å². The van der Waals surface area contributed by atoms with Gasteiger partial charge in [0.15, 0.2) is 11.7 Å². The van der Waals surface area contributed by atoms with E-state index in [0.29, 0.717) is 12.3 Å². The summed E-state index contributed by atoms with van der Waals surface area (Å²) in [6.07, 6.45) is -0.0231. The van der Waals surface area contributed by atoms with Gasteiger partial charge in [0.25, 0.3) is 5.91 Å².